The molecule has 0 saturated heterocycles. The van der Waals surface area contributed by atoms with Crippen molar-refractivity contribution < 1.29 is 24.9 Å². The van der Waals surface area contributed by atoms with Crippen LogP contribution in [0.15, 0.2) is 24.3 Å². The molecule has 3 N–H and O–H groups in total. The number of aliphatic hydroxyl groups excluding tert-OH is 2. The van der Waals surface area contributed by atoms with Gasteiger partial charge in [-0.1, -0.05) is 6.07 Å². The Morgan fingerprint density at radius 3 is 2.78 bits per heavy atom. The summed E-state index contributed by atoms with van der Waals surface area (Å²) in [4.78, 5) is 10.5. The summed E-state index contributed by atoms with van der Waals surface area (Å²) in [5.74, 6) is -0.429. The van der Waals surface area contributed by atoms with Crippen LogP contribution >= 0.6 is 0 Å². The summed E-state index contributed by atoms with van der Waals surface area (Å²) in [6.45, 7) is -0.348. The lowest BCUT2D eigenvalue weighted by Crippen LogP contribution is -2.15. The number of aliphatic carboxylic acids is 1. The highest BCUT2D eigenvalue weighted by molar-refractivity contribution is 5.85. The second-order valence-corrected chi connectivity index (χ2v) is 3.78. The first-order chi connectivity index (χ1) is 8.56. The lowest BCUT2D eigenvalue weighted by molar-refractivity contribution is -0.131. The maximum absolute atomic E-state index is 10.5. The van der Waals surface area contributed by atoms with E-state index in [1.807, 2.05) is 0 Å². The van der Waals surface area contributed by atoms with E-state index in [4.69, 9.17) is 14.9 Å². The minimum absolute atomic E-state index is 0.229. The zero-order valence-corrected chi connectivity index (χ0v) is 10.0. The molecule has 0 radical (unpaired) electrons. The fourth-order valence-electron chi connectivity index (χ4n) is 1.53. The molecule has 1 atom stereocenters. The van der Waals surface area contributed by atoms with Crippen LogP contribution in [-0.2, 0) is 11.2 Å². The van der Waals surface area contributed by atoms with Crippen molar-refractivity contribution >= 4 is 12.0 Å². The van der Waals surface area contributed by atoms with Crippen LogP contribution in [0.2, 0.25) is 0 Å². The first-order valence-corrected chi connectivity index (χ1v) is 5.43. The molecule has 5 nitrogen and oxygen atoms in total. The molecule has 0 aliphatic heterocycles. The summed E-state index contributed by atoms with van der Waals surface area (Å²) in [5.41, 5.74) is 1.39. The number of benzene rings is 1. The van der Waals surface area contributed by atoms with Gasteiger partial charge in [-0.25, -0.2) is 4.79 Å². The lowest BCUT2D eigenvalue weighted by Gasteiger charge is -2.11. The van der Waals surface area contributed by atoms with Crippen molar-refractivity contribution in [3.8, 4) is 5.75 Å². The number of carbonyl (C=O) groups is 1. The first kappa shape index (κ1) is 14.2. The molecule has 0 aliphatic rings. The highest BCUT2D eigenvalue weighted by atomic mass is 16.5. The SMILES string of the molecule is COc1ccc(C=CC(=O)O)c(CC(O)CO)c1. The van der Waals surface area contributed by atoms with Gasteiger partial charge in [0.05, 0.1) is 19.8 Å². The van der Waals surface area contributed by atoms with Crippen LogP contribution in [-0.4, -0.2) is 41.1 Å². The van der Waals surface area contributed by atoms with Crippen molar-refractivity contribution in [2.45, 2.75) is 12.5 Å². The molecule has 1 aromatic carbocycles. The third kappa shape index (κ3) is 4.20. The van der Waals surface area contributed by atoms with Crippen LogP contribution in [0.1, 0.15) is 11.1 Å². The zero-order chi connectivity index (χ0) is 13.5. The Balaban J connectivity index is 3.03. The molecule has 0 amide bonds. The number of aliphatic hydroxyl groups is 2. The van der Waals surface area contributed by atoms with E-state index in [2.05, 4.69) is 0 Å². The van der Waals surface area contributed by atoms with Gasteiger partial charge in [0.15, 0.2) is 0 Å². The molecule has 0 aliphatic carbocycles. The van der Waals surface area contributed by atoms with Gasteiger partial charge in [0, 0.05) is 12.5 Å². The van der Waals surface area contributed by atoms with E-state index in [0.717, 1.165) is 6.08 Å². The monoisotopic (exact) mass is 252 g/mol. The molecule has 5 heteroatoms. The highest BCUT2D eigenvalue weighted by Crippen LogP contribution is 2.20. The molecule has 18 heavy (non-hydrogen) atoms. The van der Waals surface area contributed by atoms with Crippen LogP contribution in [0.3, 0.4) is 0 Å². The largest absolute Gasteiger partial charge is 0.497 e. The molecule has 0 saturated carbocycles. The number of hydrogen-bond donors (Lipinski definition) is 3. The van der Waals surface area contributed by atoms with Crippen LogP contribution in [0, 0.1) is 0 Å². The Kier molecular flexibility index (Phi) is 5.35. The Hall–Kier alpha value is -1.85. The van der Waals surface area contributed by atoms with Gasteiger partial charge in [0.1, 0.15) is 5.75 Å². The van der Waals surface area contributed by atoms with Gasteiger partial charge in [-0.3, -0.25) is 0 Å². The van der Waals surface area contributed by atoms with Gasteiger partial charge in [-0.15, -0.1) is 0 Å². The van der Waals surface area contributed by atoms with Crippen LogP contribution in [0.25, 0.3) is 6.08 Å². The van der Waals surface area contributed by atoms with Crippen molar-refractivity contribution in [1.29, 1.82) is 0 Å². The van der Waals surface area contributed by atoms with Gasteiger partial charge in [0.25, 0.3) is 0 Å². The second kappa shape index (κ2) is 6.78. The molecule has 1 unspecified atom stereocenters. The van der Waals surface area contributed by atoms with Crippen LogP contribution < -0.4 is 4.74 Å². The van der Waals surface area contributed by atoms with Crippen molar-refractivity contribution in [3.63, 3.8) is 0 Å². The number of hydrogen-bond acceptors (Lipinski definition) is 4. The second-order valence-electron chi connectivity index (χ2n) is 3.78. The topological polar surface area (TPSA) is 87.0 Å². The van der Waals surface area contributed by atoms with Gasteiger partial charge in [-0.2, -0.15) is 0 Å². The average molecular weight is 252 g/mol. The van der Waals surface area contributed by atoms with Crippen molar-refractivity contribution in [2.24, 2.45) is 0 Å². The Labute approximate surface area is 105 Å². The summed E-state index contributed by atoms with van der Waals surface area (Å²) in [7, 11) is 1.52. The maximum Gasteiger partial charge on any atom is 0.328 e. The molecule has 0 bridgehead atoms. The van der Waals surface area contributed by atoms with Crippen molar-refractivity contribution in [1.82, 2.24) is 0 Å². The van der Waals surface area contributed by atoms with Gasteiger partial charge >= 0.3 is 5.97 Å². The Bertz CT molecular complexity index is 439. The predicted molar refractivity (Wildman–Crippen MR) is 66.5 cm³/mol. The van der Waals surface area contributed by atoms with Crippen molar-refractivity contribution in [3.05, 3.63) is 35.4 Å². The Morgan fingerprint density at radius 2 is 2.22 bits per heavy atom. The number of carboxylic acids is 1. The molecule has 0 aromatic heterocycles. The average Bonchev–Trinajstić information content (AvgIpc) is 2.36. The minimum Gasteiger partial charge on any atom is -0.497 e. The molecule has 98 valence electrons. The fraction of sp³-hybridized carbons (Fsp3) is 0.308. The number of rotatable bonds is 6. The van der Waals surface area contributed by atoms with Crippen molar-refractivity contribution in [2.75, 3.05) is 13.7 Å². The molecule has 0 spiro atoms. The molecular formula is C13H16O5. The quantitative estimate of drug-likeness (QED) is 0.648. The molecular weight excluding hydrogens is 236 g/mol. The zero-order valence-electron chi connectivity index (χ0n) is 10.0. The minimum atomic E-state index is -1.04. The molecule has 0 fully saturated rings. The van der Waals surface area contributed by atoms with E-state index in [1.165, 1.54) is 13.2 Å². The van der Waals surface area contributed by atoms with E-state index in [1.54, 1.807) is 18.2 Å². The van der Waals surface area contributed by atoms with Crippen LogP contribution in [0.4, 0.5) is 0 Å². The smallest absolute Gasteiger partial charge is 0.328 e. The normalized spacial score (nSPS) is 12.6. The van der Waals surface area contributed by atoms with E-state index in [-0.39, 0.29) is 13.0 Å². The van der Waals surface area contributed by atoms with Gasteiger partial charge in [0.2, 0.25) is 0 Å². The van der Waals surface area contributed by atoms with E-state index in [0.29, 0.717) is 16.9 Å². The number of methoxy groups -OCH3 is 1. The fourth-order valence-corrected chi connectivity index (χ4v) is 1.53. The van der Waals surface area contributed by atoms with Gasteiger partial charge < -0.3 is 20.1 Å². The van der Waals surface area contributed by atoms with E-state index in [9.17, 15) is 9.90 Å². The van der Waals surface area contributed by atoms with E-state index < -0.39 is 12.1 Å². The molecule has 0 heterocycles. The lowest BCUT2D eigenvalue weighted by atomic mass is 10.0. The third-order valence-corrected chi connectivity index (χ3v) is 2.42. The van der Waals surface area contributed by atoms with Gasteiger partial charge in [-0.05, 0) is 29.3 Å². The number of ether oxygens (including phenoxy) is 1. The molecule has 1 rings (SSSR count). The summed E-state index contributed by atoms with van der Waals surface area (Å²) in [5, 5.41) is 26.9. The van der Waals surface area contributed by atoms with E-state index >= 15 is 0 Å². The number of carboxylic acid groups (broad SMARTS) is 1. The summed E-state index contributed by atoms with van der Waals surface area (Å²) in [6.07, 6.45) is 1.82. The first-order valence-electron chi connectivity index (χ1n) is 5.43. The third-order valence-electron chi connectivity index (χ3n) is 2.42. The summed E-state index contributed by atoms with van der Waals surface area (Å²) >= 11 is 0. The predicted octanol–water partition coefficient (Wildman–Crippen LogP) is 0.689. The summed E-state index contributed by atoms with van der Waals surface area (Å²) < 4.78 is 5.07. The standard InChI is InChI=1S/C13H16O5/c1-18-12-4-2-9(3-5-13(16)17)10(7-12)6-11(15)8-14/h2-5,7,11,14-15H,6,8H2,1H3,(H,16,17). The van der Waals surface area contributed by atoms with Crippen LogP contribution in [0.5, 0.6) is 5.75 Å². The maximum atomic E-state index is 10.5. The Morgan fingerprint density at radius 1 is 1.50 bits per heavy atom. The molecule has 1 aromatic rings. The highest BCUT2D eigenvalue weighted by Gasteiger charge is 2.08. The summed E-state index contributed by atoms with van der Waals surface area (Å²) in [6, 6.07) is 5.12.